The lowest BCUT2D eigenvalue weighted by molar-refractivity contribution is -0.117. The molecule has 0 radical (unpaired) electrons. The predicted octanol–water partition coefficient (Wildman–Crippen LogP) is 3.01. The molecule has 1 aromatic carbocycles. The number of carbonyl (C=O) groups excluding carboxylic acids is 1. The summed E-state index contributed by atoms with van der Waals surface area (Å²) in [7, 11) is 3.86. The second kappa shape index (κ2) is 6.02. The van der Waals surface area contributed by atoms with Gasteiger partial charge in [0.15, 0.2) is 0 Å². The highest BCUT2D eigenvalue weighted by Crippen LogP contribution is 2.32. The molecule has 1 aromatic rings. The van der Waals surface area contributed by atoms with Crippen LogP contribution in [0.4, 0.5) is 11.4 Å². The van der Waals surface area contributed by atoms with E-state index in [0.717, 1.165) is 37.1 Å². The van der Waals surface area contributed by atoms with E-state index in [-0.39, 0.29) is 11.4 Å². The molecule has 1 aliphatic rings. The van der Waals surface area contributed by atoms with Crippen molar-refractivity contribution in [3.63, 3.8) is 0 Å². The van der Waals surface area contributed by atoms with Crippen molar-refractivity contribution >= 4 is 28.9 Å². The van der Waals surface area contributed by atoms with Crippen molar-refractivity contribution in [2.24, 2.45) is 5.73 Å². The van der Waals surface area contributed by atoms with Crippen molar-refractivity contribution in [2.45, 2.75) is 37.6 Å². The second-order valence-electron chi connectivity index (χ2n) is 5.85. The van der Waals surface area contributed by atoms with Crippen molar-refractivity contribution in [2.75, 3.05) is 24.3 Å². The molecule has 0 heterocycles. The number of hydrogen-bond acceptors (Lipinski definition) is 3. The Bertz CT molecular complexity index is 496. The van der Waals surface area contributed by atoms with Crippen LogP contribution in [0, 0.1) is 0 Å². The van der Waals surface area contributed by atoms with E-state index in [1.807, 2.05) is 31.1 Å². The SMILES string of the molecule is CN(C)c1ccc(Cl)cc1NC(=O)CC1(N)CCCC1. The molecule has 0 saturated heterocycles. The lowest BCUT2D eigenvalue weighted by Gasteiger charge is -2.24. The van der Waals surface area contributed by atoms with E-state index in [1.54, 1.807) is 6.07 Å². The molecule has 0 aliphatic heterocycles. The van der Waals surface area contributed by atoms with E-state index < -0.39 is 0 Å². The number of nitrogens with two attached hydrogens (primary N) is 1. The summed E-state index contributed by atoms with van der Waals surface area (Å²) < 4.78 is 0. The molecular weight excluding hydrogens is 274 g/mol. The summed E-state index contributed by atoms with van der Waals surface area (Å²) in [6.45, 7) is 0. The molecule has 1 amide bonds. The Morgan fingerprint density at radius 1 is 1.40 bits per heavy atom. The molecular formula is C15H22ClN3O. The van der Waals surface area contributed by atoms with E-state index >= 15 is 0 Å². The molecule has 3 N–H and O–H groups in total. The van der Waals surface area contributed by atoms with Gasteiger partial charge >= 0.3 is 0 Å². The Labute approximate surface area is 125 Å². The van der Waals surface area contributed by atoms with Crippen LogP contribution < -0.4 is 16.0 Å². The predicted molar refractivity (Wildman–Crippen MR) is 84.4 cm³/mol. The third-order valence-electron chi connectivity index (χ3n) is 3.83. The van der Waals surface area contributed by atoms with Gasteiger partial charge in [0.1, 0.15) is 0 Å². The number of nitrogens with one attached hydrogen (secondary N) is 1. The summed E-state index contributed by atoms with van der Waals surface area (Å²) in [5.41, 5.74) is 7.57. The lowest BCUT2D eigenvalue weighted by atomic mass is 9.94. The van der Waals surface area contributed by atoms with Crippen LogP contribution in [0.5, 0.6) is 0 Å². The molecule has 1 aliphatic carbocycles. The van der Waals surface area contributed by atoms with Gasteiger partial charge in [-0.25, -0.2) is 0 Å². The molecule has 1 fully saturated rings. The third kappa shape index (κ3) is 3.64. The van der Waals surface area contributed by atoms with Crippen LogP contribution >= 0.6 is 11.6 Å². The summed E-state index contributed by atoms with van der Waals surface area (Å²) in [6, 6.07) is 5.48. The van der Waals surface area contributed by atoms with Crippen LogP contribution in [0.15, 0.2) is 18.2 Å². The topological polar surface area (TPSA) is 58.4 Å². The summed E-state index contributed by atoms with van der Waals surface area (Å²) in [5.74, 6) is -0.0419. The molecule has 1 saturated carbocycles. The zero-order valence-electron chi connectivity index (χ0n) is 12.1. The molecule has 2 rings (SSSR count). The van der Waals surface area contributed by atoms with Crippen LogP contribution in [0.1, 0.15) is 32.1 Å². The quantitative estimate of drug-likeness (QED) is 0.898. The summed E-state index contributed by atoms with van der Waals surface area (Å²) in [6.07, 6.45) is 4.45. The standard InChI is InChI=1S/C15H22ClN3O/c1-19(2)13-6-5-11(16)9-12(13)18-14(20)10-15(17)7-3-4-8-15/h5-6,9H,3-4,7-8,10,17H2,1-2H3,(H,18,20). The largest absolute Gasteiger partial charge is 0.376 e. The van der Waals surface area contributed by atoms with E-state index in [2.05, 4.69) is 5.32 Å². The van der Waals surface area contributed by atoms with Crippen molar-refractivity contribution < 1.29 is 4.79 Å². The van der Waals surface area contributed by atoms with Crippen LogP contribution in [0.2, 0.25) is 5.02 Å². The third-order valence-corrected chi connectivity index (χ3v) is 4.06. The van der Waals surface area contributed by atoms with E-state index in [4.69, 9.17) is 17.3 Å². The maximum Gasteiger partial charge on any atom is 0.226 e. The summed E-state index contributed by atoms with van der Waals surface area (Å²) in [4.78, 5) is 14.2. The Kier molecular flexibility index (Phi) is 4.55. The van der Waals surface area contributed by atoms with Crippen molar-refractivity contribution in [3.8, 4) is 0 Å². The van der Waals surface area contributed by atoms with Crippen LogP contribution in [-0.4, -0.2) is 25.5 Å². The molecule has 4 nitrogen and oxygen atoms in total. The normalized spacial score (nSPS) is 17.0. The van der Waals surface area contributed by atoms with Gasteiger partial charge in [0, 0.05) is 31.1 Å². The maximum atomic E-state index is 12.2. The van der Waals surface area contributed by atoms with Gasteiger partial charge in [0.25, 0.3) is 0 Å². The minimum atomic E-state index is -0.332. The molecule has 20 heavy (non-hydrogen) atoms. The van der Waals surface area contributed by atoms with Crippen molar-refractivity contribution in [1.82, 2.24) is 0 Å². The Morgan fingerprint density at radius 3 is 2.65 bits per heavy atom. The van der Waals surface area contributed by atoms with Gasteiger partial charge in [-0.3, -0.25) is 4.79 Å². The number of halogens is 1. The first-order chi connectivity index (χ1) is 9.39. The highest BCUT2D eigenvalue weighted by atomic mass is 35.5. The minimum Gasteiger partial charge on any atom is -0.376 e. The van der Waals surface area contributed by atoms with Crippen LogP contribution in [-0.2, 0) is 4.79 Å². The zero-order chi connectivity index (χ0) is 14.8. The fourth-order valence-electron chi connectivity index (χ4n) is 2.77. The van der Waals surface area contributed by atoms with Crippen LogP contribution in [0.3, 0.4) is 0 Å². The number of rotatable bonds is 4. The second-order valence-corrected chi connectivity index (χ2v) is 6.29. The van der Waals surface area contributed by atoms with E-state index in [0.29, 0.717) is 11.4 Å². The number of anilines is 2. The first-order valence-electron chi connectivity index (χ1n) is 6.95. The van der Waals surface area contributed by atoms with Gasteiger partial charge in [0.05, 0.1) is 11.4 Å². The number of benzene rings is 1. The van der Waals surface area contributed by atoms with Gasteiger partial charge in [0.2, 0.25) is 5.91 Å². The first-order valence-corrected chi connectivity index (χ1v) is 7.33. The number of carbonyl (C=O) groups is 1. The molecule has 0 atom stereocenters. The maximum absolute atomic E-state index is 12.2. The molecule has 0 aromatic heterocycles. The fraction of sp³-hybridized carbons (Fsp3) is 0.533. The Morgan fingerprint density at radius 2 is 2.05 bits per heavy atom. The number of nitrogens with zero attached hydrogens (tertiary/aromatic N) is 1. The van der Waals surface area contributed by atoms with Crippen molar-refractivity contribution in [1.29, 1.82) is 0 Å². The van der Waals surface area contributed by atoms with E-state index in [9.17, 15) is 4.79 Å². The highest BCUT2D eigenvalue weighted by molar-refractivity contribution is 6.31. The highest BCUT2D eigenvalue weighted by Gasteiger charge is 2.31. The monoisotopic (exact) mass is 295 g/mol. The molecule has 0 unspecified atom stereocenters. The number of amides is 1. The fourth-order valence-corrected chi connectivity index (χ4v) is 2.94. The first kappa shape index (κ1) is 15.1. The van der Waals surface area contributed by atoms with Gasteiger partial charge in [-0.05, 0) is 31.0 Å². The van der Waals surface area contributed by atoms with Crippen LogP contribution in [0.25, 0.3) is 0 Å². The Balaban J connectivity index is 2.09. The smallest absolute Gasteiger partial charge is 0.226 e. The van der Waals surface area contributed by atoms with E-state index in [1.165, 1.54) is 0 Å². The average molecular weight is 296 g/mol. The summed E-state index contributed by atoms with van der Waals surface area (Å²) in [5, 5.41) is 3.55. The zero-order valence-corrected chi connectivity index (χ0v) is 12.8. The summed E-state index contributed by atoms with van der Waals surface area (Å²) >= 11 is 6.01. The lowest BCUT2D eigenvalue weighted by Crippen LogP contribution is -2.40. The molecule has 110 valence electrons. The Hall–Kier alpha value is -1.26. The van der Waals surface area contributed by atoms with Gasteiger partial charge < -0.3 is 16.0 Å². The molecule has 5 heteroatoms. The number of hydrogen-bond donors (Lipinski definition) is 2. The van der Waals surface area contributed by atoms with Gasteiger partial charge in [-0.15, -0.1) is 0 Å². The van der Waals surface area contributed by atoms with Gasteiger partial charge in [-0.2, -0.15) is 0 Å². The molecule has 0 bridgehead atoms. The van der Waals surface area contributed by atoms with Gasteiger partial charge in [-0.1, -0.05) is 24.4 Å². The molecule has 0 spiro atoms. The van der Waals surface area contributed by atoms with Crippen molar-refractivity contribution in [3.05, 3.63) is 23.2 Å². The average Bonchev–Trinajstić information content (AvgIpc) is 2.74. The minimum absolute atomic E-state index is 0.0419.